The van der Waals surface area contributed by atoms with Crippen molar-refractivity contribution in [1.82, 2.24) is 0 Å². The van der Waals surface area contributed by atoms with Crippen molar-refractivity contribution in [1.29, 1.82) is 0 Å². The van der Waals surface area contributed by atoms with Gasteiger partial charge in [0, 0.05) is 0 Å². The summed E-state index contributed by atoms with van der Waals surface area (Å²) in [5.41, 5.74) is -0.0638. The first-order valence-corrected chi connectivity index (χ1v) is 3.51. The van der Waals surface area contributed by atoms with E-state index in [1.54, 1.807) is 6.92 Å². The molecule has 1 rings (SSSR count). The van der Waals surface area contributed by atoms with Gasteiger partial charge in [0.2, 0.25) is 0 Å². The molecule has 1 fully saturated rings. The Morgan fingerprint density at radius 2 is 2.00 bits per heavy atom. The Balaban J connectivity index is 2.67. The smallest absolute Gasteiger partial charge is 0.158 e. The molecule has 1 atom stereocenters. The molecule has 0 N–H and O–H groups in total. The average molecular weight is 172 g/mol. The summed E-state index contributed by atoms with van der Waals surface area (Å²) in [4.78, 5) is 0. The van der Waals surface area contributed by atoms with E-state index in [0.29, 0.717) is 12.2 Å². The molecule has 66 valence electrons. The monoisotopic (exact) mass is 172 g/mol. The van der Waals surface area contributed by atoms with Crippen LogP contribution in [0.1, 0.15) is 6.92 Å². The highest BCUT2D eigenvalue weighted by molar-refractivity contribution is 5.34. The van der Waals surface area contributed by atoms with Gasteiger partial charge in [0.1, 0.15) is 5.60 Å². The molecular weight excluding hydrogens is 162 g/mol. The zero-order chi connectivity index (χ0) is 9.35. The number of halogens is 2. The maximum absolute atomic E-state index is 12.6. The summed E-state index contributed by atoms with van der Waals surface area (Å²) >= 11 is 0. The van der Waals surface area contributed by atoms with Crippen LogP contribution >= 0.6 is 0 Å². The van der Waals surface area contributed by atoms with Crippen LogP contribution in [0, 0.1) is 0 Å². The second kappa shape index (κ2) is 2.83. The molecule has 1 aliphatic heterocycles. The highest BCUT2D eigenvalue weighted by atomic mass is 19.2. The van der Waals surface area contributed by atoms with Gasteiger partial charge in [0.05, 0.1) is 6.61 Å². The Labute approximate surface area is 70.0 Å². The van der Waals surface area contributed by atoms with E-state index in [1.165, 1.54) is 0 Å². The Bertz CT molecular complexity index is 262. The Morgan fingerprint density at radius 1 is 1.50 bits per heavy atom. The van der Waals surface area contributed by atoms with Crippen LogP contribution in [0.4, 0.5) is 8.78 Å². The quantitative estimate of drug-likeness (QED) is 0.471. The zero-order valence-corrected chi connectivity index (χ0v) is 6.86. The fourth-order valence-electron chi connectivity index (χ4n) is 0.678. The van der Waals surface area contributed by atoms with Crippen molar-refractivity contribution in [3.8, 4) is 0 Å². The molecule has 0 radical (unpaired) electrons. The molecule has 1 unspecified atom stereocenters. The number of ether oxygens (including phenoxy) is 1. The topological polar surface area (TPSA) is 12.5 Å². The van der Waals surface area contributed by atoms with Gasteiger partial charge in [0.25, 0.3) is 0 Å². The van der Waals surface area contributed by atoms with E-state index in [1.807, 2.05) is 0 Å². The van der Waals surface area contributed by atoms with E-state index in [-0.39, 0.29) is 0 Å². The number of allylic oxidation sites excluding steroid dienone is 2. The van der Waals surface area contributed by atoms with Crippen LogP contribution in [-0.2, 0) is 4.74 Å². The van der Waals surface area contributed by atoms with E-state index in [2.05, 4.69) is 13.2 Å². The lowest BCUT2D eigenvalue weighted by Gasteiger charge is -2.03. The highest BCUT2D eigenvalue weighted by Crippen LogP contribution is 2.35. The summed E-state index contributed by atoms with van der Waals surface area (Å²) in [5.74, 6) is -2.07. The van der Waals surface area contributed by atoms with Gasteiger partial charge in [-0.25, -0.2) is 8.78 Å². The minimum Gasteiger partial charge on any atom is -0.365 e. The summed E-state index contributed by atoms with van der Waals surface area (Å²) in [6.45, 7) is 8.65. The highest BCUT2D eigenvalue weighted by Gasteiger charge is 2.41. The third kappa shape index (κ3) is 1.80. The van der Waals surface area contributed by atoms with Crippen LogP contribution in [0.2, 0.25) is 0 Å². The fourth-order valence-corrected chi connectivity index (χ4v) is 0.678. The van der Waals surface area contributed by atoms with E-state index in [9.17, 15) is 8.78 Å². The molecule has 0 aromatic carbocycles. The van der Waals surface area contributed by atoms with Gasteiger partial charge in [-0.15, -0.1) is 0 Å². The Morgan fingerprint density at radius 3 is 2.33 bits per heavy atom. The van der Waals surface area contributed by atoms with Gasteiger partial charge in [0.15, 0.2) is 11.7 Å². The largest absolute Gasteiger partial charge is 0.365 e. The molecular formula is C9H10F2O. The van der Waals surface area contributed by atoms with Crippen molar-refractivity contribution in [3.05, 3.63) is 36.5 Å². The SMILES string of the molecule is C=C(F)/C(F)=C\C(=C)C1(C)CO1. The van der Waals surface area contributed by atoms with Gasteiger partial charge >= 0.3 is 0 Å². The standard InChI is InChI=1S/C9H10F2O/c1-6(9(3)5-12-9)4-8(11)7(2)10/h4H,1-2,5H2,3H3/b8-4+. The molecule has 1 nitrogen and oxygen atoms in total. The van der Waals surface area contributed by atoms with Crippen molar-refractivity contribution in [2.24, 2.45) is 0 Å². The maximum Gasteiger partial charge on any atom is 0.158 e. The third-order valence-electron chi connectivity index (χ3n) is 1.82. The summed E-state index contributed by atoms with van der Waals surface area (Å²) in [6, 6.07) is 0. The Hall–Kier alpha value is -0.960. The summed E-state index contributed by atoms with van der Waals surface area (Å²) in [6.07, 6.45) is 1.01. The van der Waals surface area contributed by atoms with Crippen LogP contribution in [-0.4, -0.2) is 12.2 Å². The zero-order valence-electron chi connectivity index (χ0n) is 6.86. The van der Waals surface area contributed by atoms with E-state index < -0.39 is 17.3 Å². The van der Waals surface area contributed by atoms with Crippen LogP contribution in [0.5, 0.6) is 0 Å². The number of rotatable bonds is 3. The van der Waals surface area contributed by atoms with Crippen LogP contribution in [0.3, 0.4) is 0 Å². The van der Waals surface area contributed by atoms with Crippen molar-refractivity contribution < 1.29 is 13.5 Å². The van der Waals surface area contributed by atoms with Crippen molar-refractivity contribution >= 4 is 0 Å². The normalized spacial score (nSPS) is 28.4. The van der Waals surface area contributed by atoms with Crippen LogP contribution in [0.15, 0.2) is 36.5 Å². The van der Waals surface area contributed by atoms with Crippen LogP contribution < -0.4 is 0 Å². The molecule has 0 amide bonds. The van der Waals surface area contributed by atoms with Crippen molar-refractivity contribution in [3.63, 3.8) is 0 Å². The lowest BCUT2D eigenvalue weighted by Crippen LogP contribution is -2.05. The van der Waals surface area contributed by atoms with Crippen molar-refractivity contribution in [2.75, 3.05) is 6.61 Å². The first kappa shape index (κ1) is 9.13. The summed E-state index contributed by atoms with van der Waals surface area (Å²) in [7, 11) is 0. The lowest BCUT2D eigenvalue weighted by molar-refractivity contribution is 0.361. The summed E-state index contributed by atoms with van der Waals surface area (Å²) in [5, 5.41) is 0. The first-order chi connectivity index (χ1) is 5.46. The predicted molar refractivity (Wildman–Crippen MR) is 42.9 cm³/mol. The number of hydrogen-bond donors (Lipinski definition) is 0. The minimum absolute atomic E-state index is 0.429. The van der Waals surface area contributed by atoms with Gasteiger partial charge < -0.3 is 4.74 Å². The van der Waals surface area contributed by atoms with Gasteiger partial charge in [-0.05, 0) is 18.6 Å². The average Bonchev–Trinajstić information content (AvgIpc) is 2.69. The molecule has 0 saturated carbocycles. The molecule has 0 spiro atoms. The third-order valence-corrected chi connectivity index (χ3v) is 1.82. The predicted octanol–water partition coefficient (Wildman–Crippen LogP) is 2.67. The van der Waals surface area contributed by atoms with Gasteiger partial charge in [-0.3, -0.25) is 0 Å². The second-order valence-corrected chi connectivity index (χ2v) is 2.94. The molecule has 1 aliphatic rings. The van der Waals surface area contributed by atoms with Gasteiger partial charge in [-0.2, -0.15) is 0 Å². The molecule has 0 bridgehead atoms. The molecule has 3 heteroatoms. The van der Waals surface area contributed by atoms with E-state index in [4.69, 9.17) is 4.74 Å². The molecule has 0 aromatic rings. The number of hydrogen-bond acceptors (Lipinski definition) is 1. The Kier molecular flexibility index (Phi) is 2.15. The lowest BCUT2D eigenvalue weighted by atomic mass is 10.0. The fraction of sp³-hybridized carbons (Fsp3) is 0.333. The second-order valence-electron chi connectivity index (χ2n) is 2.94. The molecule has 1 heterocycles. The van der Waals surface area contributed by atoms with Crippen LogP contribution in [0.25, 0.3) is 0 Å². The van der Waals surface area contributed by atoms with Crippen molar-refractivity contribution in [2.45, 2.75) is 12.5 Å². The number of epoxide rings is 1. The molecule has 0 aromatic heterocycles. The minimum atomic E-state index is -1.08. The maximum atomic E-state index is 12.6. The first-order valence-electron chi connectivity index (χ1n) is 3.51. The molecule has 12 heavy (non-hydrogen) atoms. The molecule has 1 saturated heterocycles. The summed E-state index contributed by atoms with van der Waals surface area (Å²) < 4.78 is 29.7. The van der Waals surface area contributed by atoms with Gasteiger partial charge in [-0.1, -0.05) is 13.2 Å². The molecule has 0 aliphatic carbocycles. The van der Waals surface area contributed by atoms with E-state index in [0.717, 1.165) is 6.08 Å². The van der Waals surface area contributed by atoms with E-state index >= 15 is 0 Å².